The van der Waals surface area contributed by atoms with Gasteiger partial charge in [-0.1, -0.05) is 17.7 Å². The zero-order valence-electron chi connectivity index (χ0n) is 10.6. The molecule has 0 aliphatic carbocycles. The molecule has 1 aromatic rings. The largest absolute Gasteiger partial charge is 0.336 e. The lowest BCUT2D eigenvalue weighted by Crippen LogP contribution is -2.59. The van der Waals surface area contributed by atoms with Crippen molar-refractivity contribution < 1.29 is 9.59 Å². The molecule has 1 heterocycles. The summed E-state index contributed by atoms with van der Waals surface area (Å²) in [5.41, 5.74) is 0.802. The number of urea groups is 1. The third-order valence-corrected chi connectivity index (χ3v) is 3.49. The highest BCUT2D eigenvalue weighted by Gasteiger charge is 2.40. The molecule has 0 atom stereocenters. The van der Waals surface area contributed by atoms with E-state index in [0.29, 0.717) is 17.3 Å². The Balaban J connectivity index is 2.44. The molecule has 5 heteroatoms. The Labute approximate surface area is 111 Å². The number of aryl methyl sites for hydroxylation is 1. The van der Waals surface area contributed by atoms with Crippen LogP contribution in [0.3, 0.4) is 0 Å². The molecule has 2 rings (SSSR count). The molecule has 3 amide bonds. The van der Waals surface area contributed by atoms with Crippen molar-refractivity contribution in [2.24, 2.45) is 5.41 Å². The van der Waals surface area contributed by atoms with Crippen LogP contribution in [-0.4, -0.2) is 18.5 Å². The number of anilines is 1. The summed E-state index contributed by atoms with van der Waals surface area (Å²) in [5, 5.41) is 3.25. The first-order chi connectivity index (χ1) is 8.33. The molecule has 96 valence electrons. The Morgan fingerprint density at radius 1 is 1.33 bits per heavy atom. The number of halogens is 1. The highest BCUT2D eigenvalue weighted by atomic mass is 35.5. The Bertz CT molecular complexity index is 526. The van der Waals surface area contributed by atoms with Crippen LogP contribution in [0.4, 0.5) is 10.5 Å². The minimum Gasteiger partial charge on any atom is -0.336 e. The van der Waals surface area contributed by atoms with Crippen molar-refractivity contribution in [3.8, 4) is 0 Å². The monoisotopic (exact) mass is 266 g/mol. The summed E-state index contributed by atoms with van der Waals surface area (Å²) < 4.78 is 0. The molecule has 0 unspecified atom stereocenters. The van der Waals surface area contributed by atoms with Crippen LogP contribution < -0.4 is 10.2 Å². The minimum atomic E-state index is -0.606. The molecule has 1 N–H and O–H groups in total. The van der Waals surface area contributed by atoms with Crippen molar-refractivity contribution in [1.29, 1.82) is 0 Å². The molecule has 0 saturated carbocycles. The maximum absolute atomic E-state index is 12.3. The van der Waals surface area contributed by atoms with Crippen LogP contribution in [-0.2, 0) is 4.79 Å². The topological polar surface area (TPSA) is 49.4 Å². The first kappa shape index (κ1) is 12.9. The average molecular weight is 267 g/mol. The van der Waals surface area contributed by atoms with Gasteiger partial charge in [0.05, 0.1) is 11.1 Å². The second-order valence-corrected chi connectivity index (χ2v) is 5.52. The van der Waals surface area contributed by atoms with Crippen LogP contribution in [0.5, 0.6) is 0 Å². The van der Waals surface area contributed by atoms with Crippen molar-refractivity contribution in [3.63, 3.8) is 0 Å². The second-order valence-electron chi connectivity index (χ2n) is 5.12. The number of nitrogens with one attached hydrogen (secondary N) is 1. The van der Waals surface area contributed by atoms with Crippen molar-refractivity contribution in [3.05, 3.63) is 28.8 Å². The van der Waals surface area contributed by atoms with Crippen molar-refractivity contribution in [2.75, 3.05) is 11.4 Å². The number of amides is 3. The molecule has 1 aliphatic heterocycles. The van der Waals surface area contributed by atoms with Gasteiger partial charge in [-0.05, 0) is 38.5 Å². The van der Waals surface area contributed by atoms with E-state index in [9.17, 15) is 9.59 Å². The van der Waals surface area contributed by atoms with E-state index < -0.39 is 11.4 Å². The molecule has 1 fully saturated rings. The first-order valence-electron chi connectivity index (χ1n) is 5.71. The Hall–Kier alpha value is -1.55. The fourth-order valence-electron chi connectivity index (χ4n) is 1.80. The van der Waals surface area contributed by atoms with Gasteiger partial charge >= 0.3 is 6.03 Å². The summed E-state index contributed by atoms with van der Waals surface area (Å²) in [6.07, 6.45) is 0. The van der Waals surface area contributed by atoms with Gasteiger partial charge in [0.2, 0.25) is 5.91 Å². The zero-order chi connectivity index (χ0) is 13.5. The molecule has 0 radical (unpaired) electrons. The van der Waals surface area contributed by atoms with E-state index in [-0.39, 0.29) is 5.91 Å². The molecular formula is C13H15ClN2O2. The Morgan fingerprint density at radius 2 is 2.00 bits per heavy atom. The fraction of sp³-hybridized carbons (Fsp3) is 0.385. The van der Waals surface area contributed by atoms with E-state index in [1.807, 2.05) is 6.92 Å². The lowest BCUT2D eigenvalue weighted by Gasteiger charge is -2.36. The number of carbonyl (C=O) groups excluding carboxylic acids is 2. The molecule has 0 spiro atoms. The molecule has 4 nitrogen and oxygen atoms in total. The number of hydrogen-bond donors (Lipinski definition) is 1. The predicted molar refractivity (Wildman–Crippen MR) is 70.9 cm³/mol. The normalized spacial score (nSPS) is 18.8. The van der Waals surface area contributed by atoms with Crippen LogP contribution in [0, 0.1) is 12.3 Å². The molecule has 1 aliphatic rings. The highest BCUT2D eigenvalue weighted by Crippen LogP contribution is 2.29. The van der Waals surface area contributed by atoms with Crippen LogP contribution >= 0.6 is 11.6 Å². The number of carbonyl (C=O) groups is 2. The van der Waals surface area contributed by atoms with Crippen LogP contribution in [0.15, 0.2) is 18.2 Å². The van der Waals surface area contributed by atoms with Gasteiger partial charge in [-0.25, -0.2) is 9.69 Å². The predicted octanol–water partition coefficient (Wildman–Crippen LogP) is 2.73. The third-order valence-electron chi connectivity index (χ3n) is 3.08. The molecule has 1 aromatic carbocycles. The van der Waals surface area contributed by atoms with Gasteiger partial charge in [0.25, 0.3) is 0 Å². The summed E-state index contributed by atoms with van der Waals surface area (Å²) in [5.74, 6) is -0.217. The lowest BCUT2D eigenvalue weighted by molar-refractivity contribution is -0.126. The van der Waals surface area contributed by atoms with Gasteiger partial charge in [0.1, 0.15) is 0 Å². The molecule has 1 saturated heterocycles. The van der Waals surface area contributed by atoms with E-state index in [1.54, 1.807) is 32.0 Å². The maximum Gasteiger partial charge on any atom is 0.328 e. The molecule has 18 heavy (non-hydrogen) atoms. The summed E-state index contributed by atoms with van der Waals surface area (Å²) in [7, 11) is 0. The number of imide groups is 1. The summed E-state index contributed by atoms with van der Waals surface area (Å²) in [4.78, 5) is 25.3. The summed E-state index contributed by atoms with van der Waals surface area (Å²) in [6, 6.07) is 4.75. The van der Waals surface area contributed by atoms with Gasteiger partial charge in [-0.15, -0.1) is 0 Å². The van der Waals surface area contributed by atoms with E-state index >= 15 is 0 Å². The smallest absolute Gasteiger partial charge is 0.328 e. The molecule has 0 bridgehead atoms. The van der Waals surface area contributed by atoms with Crippen molar-refractivity contribution in [2.45, 2.75) is 20.8 Å². The summed E-state index contributed by atoms with van der Waals surface area (Å²) in [6.45, 7) is 5.82. The molecule has 0 aromatic heterocycles. The SMILES string of the molecule is Cc1ccc(N2C(=O)NCC(C)(C)C2=O)cc1Cl. The first-order valence-corrected chi connectivity index (χ1v) is 6.09. The van der Waals surface area contributed by atoms with Gasteiger partial charge in [0, 0.05) is 11.6 Å². The maximum atomic E-state index is 12.3. The number of hydrogen-bond acceptors (Lipinski definition) is 2. The van der Waals surface area contributed by atoms with Crippen molar-refractivity contribution in [1.82, 2.24) is 5.32 Å². The standard InChI is InChI=1S/C13H15ClN2O2/c1-8-4-5-9(6-10(8)14)16-11(17)13(2,3)7-15-12(16)18/h4-6H,7H2,1-3H3,(H,15,18). The quantitative estimate of drug-likeness (QED) is 0.850. The van der Waals surface area contributed by atoms with E-state index in [0.717, 1.165) is 10.5 Å². The van der Waals surface area contributed by atoms with E-state index in [1.165, 1.54) is 0 Å². The molecular weight excluding hydrogens is 252 g/mol. The number of nitrogens with zero attached hydrogens (tertiary/aromatic N) is 1. The minimum absolute atomic E-state index is 0.217. The number of rotatable bonds is 1. The average Bonchev–Trinajstić information content (AvgIpc) is 2.30. The van der Waals surface area contributed by atoms with Gasteiger partial charge in [-0.3, -0.25) is 4.79 Å². The van der Waals surface area contributed by atoms with Gasteiger partial charge in [-0.2, -0.15) is 0 Å². The lowest BCUT2D eigenvalue weighted by atomic mass is 9.89. The number of benzene rings is 1. The van der Waals surface area contributed by atoms with Crippen LogP contribution in [0.25, 0.3) is 0 Å². The Morgan fingerprint density at radius 3 is 2.61 bits per heavy atom. The van der Waals surface area contributed by atoms with E-state index in [2.05, 4.69) is 5.32 Å². The fourth-order valence-corrected chi connectivity index (χ4v) is 1.98. The third kappa shape index (κ3) is 2.08. The Kier molecular flexibility index (Phi) is 3.07. The highest BCUT2D eigenvalue weighted by molar-refractivity contribution is 6.32. The van der Waals surface area contributed by atoms with Crippen LogP contribution in [0.1, 0.15) is 19.4 Å². The van der Waals surface area contributed by atoms with E-state index in [4.69, 9.17) is 11.6 Å². The zero-order valence-corrected chi connectivity index (χ0v) is 11.3. The second kappa shape index (κ2) is 4.28. The van der Waals surface area contributed by atoms with Gasteiger partial charge in [0.15, 0.2) is 0 Å². The van der Waals surface area contributed by atoms with Crippen molar-refractivity contribution >= 4 is 29.2 Å². The summed E-state index contributed by atoms with van der Waals surface area (Å²) >= 11 is 6.03. The van der Waals surface area contributed by atoms with Gasteiger partial charge < -0.3 is 5.32 Å². The van der Waals surface area contributed by atoms with Crippen LogP contribution in [0.2, 0.25) is 5.02 Å².